The average Bonchev–Trinajstić information content (AvgIpc) is 2.79. The second-order valence-corrected chi connectivity index (χ2v) is 8.83. The minimum atomic E-state index is -3.33. The van der Waals surface area contributed by atoms with Crippen LogP contribution in [0.25, 0.3) is 0 Å². The molecule has 30 heavy (non-hydrogen) atoms. The molecule has 0 radical (unpaired) electrons. The molecular weight excluding hydrogens is 404 g/mol. The molecule has 0 saturated carbocycles. The lowest BCUT2D eigenvalue weighted by Crippen LogP contribution is -2.23. The van der Waals surface area contributed by atoms with E-state index in [1.807, 2.05) is 36.2 Å². The predicted octanol–water partition coefficient (Wildman–Crippen LogP) is 2.80. The Labute approximate surface area is 175 Å². The van der Waals surface area contributed by atoms with Gasteiger partial charge in [-0.2, -0.15) is 4.98 Å². The van der Waals surface area contributed by atoms with Gasteiger partial charge in [0.1, 0.15) is 5.69 Å². The van der Waals surface area contributed by atoms with Crippen LogP contribution in [0.3, 0.4) is 0 Å². The molecule has 0 saturated heterocycles. The second kappa shape index (κ2) is 7.47. The third-order valence-corrected chi connectivity index (χ3v) is 5.44. The van der Waals surface area contributed by atoms with Crippen molar-refractivity contribution in [1.82, 2.24) is 9.97 Å². The highest BCUT2D eigenvalue weighted by atomic mass is 32.2. The molecule has 3 aromatic rings. The zero-order valence-electron chi connectivity index (χ0n) is 16.7. The number of fused-ring (bicyclic) bond motifs is 2. The Bertz CT molecular complexity index is 1180. The predicted molar refractivity (Wildman–Crippen MR) is 118 cm³/mol. The molecule has 1 aliphatic heterocycles. The van der Waals surface area contributed by atoms with Gasteiger partial charge in [-0.15, -0.1) is 0 Å². The van der Waals surface area contributed by atoms with Crippen LogP contribution in [0.5, 0.6) is 0 Å². The van der Waals surface area contributed by atoms with Crippen LogP contribution in [0.2, 0.25) is 0 Å². The van der Waals surface area contributed by atoms with E-state index in [9.17, 15) is 13.5 Å². The number of nitrogens with one attached hydrogen (secondary N) is 2. The van der Waals surface area contributed by atoms with E-state index in [4.69, 9.17) is 0 Å². The van der Waals surface area contributed by atoms with Crippen LogP contribution in [0.1, 0.15) is 11.8 Å². The van der Waals surface area contributed by atoms with Gasteiger partial charge in [-0.05, 0) is 30.3 Å². The van der Waals surface area contributed by atoms with E-state index in [2.05, 4.69) is 20.0 Å². The Balaban J connectivity index is 1.65. The number of nitrogens with zero attached hydrogens (tertiary/aromatic N) is 4. The van der Waals surface area contributed by atoms with Gasteiger partial charge < -0.3 is 20.2 Å². The van der Waals surface area contributed by atoms with E-state index in [1.54, 1.807) is 42.4 Å². The number of para-hydroxylation sites is 1. The van der Waals surface area contributed by atoms with Crippen molar-refractivity contribution in [2.45, 2.75) is 6.23 Å². The fraction of sp³-hybridized carbons (Fsp3) is 0.200. The zero-order chi connectivity index (χ0) is 21.5. The number of benzene rings is 2. The summed E-state index contributed by atoms with van der Waals surface area (Å²) in [6.45, 7) is 0. The van der Waals surface area contributed by atoms with Crippen molar-refractivity contribution in [2.24, 2.45) is 0 Å². The molecule has 10 heteroatoms. The molecule has 2 aromatic carbocycles. The third-order valence-electron chi connectivity index (χ3n) is 4.84. The van der Waals surface area contributed by atoms with Crippen molar-refractivity contribution < 1.29 is 13.5 Å². The summed E-state index contributed by atoms with van der Waals surface area (Å²) in [5.41, 5.74) is 3.51. The lowest BCUT2D eigenvalue weighted by atomic mass is 10.1. The highest BCUT2D eigenvalue weighted by Crippen LogP contribution is 2.41. The summed E-state index contributed by atoms with van der Waals surface area (Å²) in [5.74, 6) is 1.03. The third kappa shape index (κ3) is 3.87. The molecule has 156 valence electrons. The van der Waals surface area contributed by atoms with Crippen LogP contribution in [0, 0.1) is 0 Å². The number of hydrogen-bond acceptors (Lipinski definition) is 8. The first-order valence-electron chi connectivity index (χ1n) is 9.18. The van der Waals surface area contributed by atoms with Crippen molar-refractivity contribution in [3.8, 4) is 0 Å². The van der Waals surface area contributed by atoms with Gasteiger partial charge in [0.05, 0.1) is 12.5 Å². The zero-order valence-corrected chi connectivity index (χ0v) is 17.6. The van der Waals surface area contributed by atoms with E-state index in [1.165, 1.54) is 0 Å². The fourth-order valence-corrected chi connectivity index (χ4v) is 3.92. The molecule has 4 rings (SSSR count). The summed E-state index contributed by atoms with van der Waals surface area (Å²) in [4.78, 5) is 12.7. The van der Waals surface area contributed by atoms with Crippen molar-refractivity contribution in [1.29, 1.82) is 0 Å². The maximum absolute atomic E-state index is 11.3. The molecule has 1 aliphatic rings. The molecule has 0 spiro atoms. The Kier molecular flexibility index (Phi) is 4.96. The Hall–Kier alpha value is -3.37. The number of anilines is 6. The maximum Gasteiger partial charge on any atom is 0.229 e. The number of aromatic nitrogens is 2. The van der Waals surface area contributed by atoms with Crippen LogP contribution in [-0.2, 0) is 10.0 Å². The van der Waals surface area contributed by atoms with Gasteiger partial charge in [0.25, 0.3) is 0 Å². The van der Waals surface area contributed by atoms with Gasteiger partial charge >= 0.3 is 0 Å². The minimum Gasteiger partial charge on any atom is -0.369 e. The topological polar surface area (TPSA) is 111 Å². The summed E-state index contributed by atoms with van der Waals surface area (Å²) in [6, 6.07) is 14.4. The monoisotopic (exact) mass is 426 g/mol. The number of hydrogen-bond donors (Lipinski definition) is 3. The molecule has 0 aliphatic carbocycles. The van der Waals surface area contributed by atoms with Crippen molar-refractivity contribution in [3.63, 3.8) is 0 Å². The summed E-state index contributed by atoms with van der Waals surface area (Å²) in [5, 5.41) is 13.9. The number of aliphatic hydroxyl groups is 1. The van der Waals surface area contributed by atoms with E-state index < -0.39 is 16.3 Å². The first kappa shape index (κ1) is 19.9. The first-order valence-corrected chi connectivity index (χ1v) is 11.1. The molecule has 0 bridgehead atoms. The van der Waals surface area contributed by atoms with Gasteiger partial charge in [-0.25, -0.2) is 13.4 Å². The maximum atomic E-state index is 11.3. The molecule has 1 aromatic heterocycles. The smallest absolute Gasteiger partial charge is 0.229 e. The summed E-state index contributed by atoms with van der Waals surface area (Å²) < 4.78 is 25.1. The molecule has 9 nitrogen and oxygen atoms in total. The number of sulfonamides is 1. The van der Waals surface area contributed by atoms with Gasteiger partial charge in [-0.3, -0.25) is 4.72 Å². The summed E-state index contributed by atoms with van der Waals surface area (Å²) in [7, 11) is 0.361. The Morgan fingerprint density at radius 2 is 1.67 bits per heavy atom. The van der Waals surface area contributed by atoms with Gasteiger partial charge in [0.15, 0.2) is 12.0 Å². The minimum absolute atomic E-state index is 0.381. The molecule has 0 fully saturated rings. The van der Waals surface area contributed by atoms with E-state index in [0.717, 1.165) is 17.5 Å². The molecule has 1 atom stereocenters. The van der Waals surface area contributed by atoms with E-state index in [-0.39, 0.29) is 0 Å². The summed E-state index contributed by atoms with van der Waals surface area (Å²) >= 11 is 0. The van der Waals surface area contributed by atoms with Crippen molar-refractivity contribution in [3.05, 3.63) is 60.3 Å². The van der Waals surface area contributed by atoms with Crippen LogP contribution in [-0.4, -0.2) is 43.8 Å². The van der Waals surface area contributed by atoms with Crippen LogP contribution < -0.4 is 19.8 Å². The lowest BCUT2D eigenvalue weighted by Gasteiger charge is -2.24. The largest absolute Gasteiger partial charge is 0.369 e. The highest BCUT2D eigenvalue weighted by molar-refractivity contribution is 7.92. The summed E-state index contributed by atoms with van der Waals surface area (Å²) in [6.07, 6.45) is 1.95. The van der Waals surface area contributed by atoms with E-state index >= 15 is 0 Å². The number of aliphatic hydroxyl groups excluding tert-OH is 1. The molecular formula is C20H22N6O3S. The van der Waals surface area contributed by atoms with Gasteiger partial charge in [0.2, 0.25) is 16.0 Å². The molecule has 1 unspecified atom stereocenters. The molecule has 2 heterocycles. The van der Waals surface area contributed by atoms with Crippen LogP contribution in [0.4, 0.5) is 34.5 Å². The van der Waals surface area contributed by atoms with Crippen LogP contribution in [0.15, 0.2) is 54.7 Å². The standard InChI is InChI=1S/C20H22N6O3S/c1-25-16-7-5-4-6-15(16)19(27)26(2)17-12-21-20(23-18(17)25)22-13-8-10-14(11-9-13)24-30(3,28)29/h4-12,19,24,27H,1-3H3,(H,21,22,23). The molecule has 3 N–H and O–H groups in total. The van der Waals surface area contributed by atoms with Crippen molar-refractivity contribution >= 4 is 44.5 Å². The Morgan fingerprint density at radius 1 is 1.00 bits per heavy atom. The normalized spacial score (nSPS) is 15.8. The number of rotatable bonds is 4. The van der Waals surface area contributed by atoms with Gasteiger partial charge in [0, 0.05) is 36.7 Å². The Morgan fingerprint density at radius 3 is 2.37 bits per heavy atom. The highest BCUT2D eigenvalue weighted by Gasteiger charge is 2.28. The fourth-order valence-electron chi connectivity index (χ4n) is 3.35. The van der Waals surface area contributed by atoms with E-state index in [0.29, 0.717) is 28.8 Å². The lowest BCUT2D eigenvalue weighted by molar-refractivity contribution is 0.179. The SMILES string of the molecule is CN1c2ccccc2C(O)N(C)c2cnc(Nc3ccc(NS(C)(=O)=O)cc3)nc21. The molecule has 0 amide bonds. The first-order chi connectivity index (χ1) is 14.2. The second-order valence-electron chi connectivity index (χ2n) is 7.08. The van der Waals surface area contributed by atoms with Gasteiger partial charge in [-0.1, -0.05) is 18.2 Å². The average molecular weight is 427 g/mol. The van der Waals surface area contributed by atoms with Crippen molar-refractivity contribution in [2.75, 3.05) is 40.2 Å². The quantitative estimate of drug-likeness (QED) is 0.584. The van der Waals surface area contributed by atoms with Crippen LogP contribution >= 0.6 is 0 Å².